The second-order valence-electron chi connectivity index (χ2n) is 5.29. The van der Waals surface area contributed by atoms with Crippen LogP contribution >= 0.6 is 11.6 Å². The van der Waals surface area contributed by atoms with E-state index in [1.165, 1.54) is 12.8 Å². The third-order valence-electron chi connectivity index (χ3n) is 3.56. The topological polar surface area (TPSA) is 20.3 Å². The van der Waals surface area contributed by atoms with E-state index in [0.717, 1.165) is 25.1 Å². The smallest absolute Gasteiger partial charge is 0.258 e. The van der Waals surface area contributed by atoms with Crippen molar-refractivity contribution in [2.75, 3.05) is 11.4 Å². The van der Waals surface area contributed by atoms with Crippen LogP contribution < -0.4 is 4.90 Å². The van der Waals surface area contributed by atoms with Crippen molar-refractivity contribution in [1.82, 2.24) is 0 Å². The number of unbranched alkanes of at least 4 members (excludes halogenated alkanes) is 3. The van der Waals surface area contributed by atoms with E-state index in [0.29, 0.717) is 10.6 Å². The number of rotatable bonds is 7. The summed E-state index contributed by atoms with van der Waals surface area (Å²) >= 11 is 6.01. The molecule has 2 aromatic carbocycles. The zero-order valence-corrected chi connectivity index (χ0v) is 13.6. The minimum absolute atomic E-state index is 0.00908. The van der Waals surface area contributed by atoms with Gasteiger partial charge in [-0.25, -0.2) is 0 Å². The van der Waals surface area contributed by atoms with E-state index < -0.39 is 0 Å². The van der Waals surface area contributed by atoms with Crippen LogP contribution in [0.2, 0.25) is 5.02 Å². The molecule has 3 heteroatoms. The Balaban J connectivity index is 2.18. The highest BCUT2D eigenvalue weighted by Gasteiger charge is 2.17. The van der Waals surface area contributed by atoms with E-state index in [1.54, 1.807) is 12.1 Å². The first-order chi connectivity index (χ1) is 10.7. The van der Waals surface area contributed by atoms with Gasteiger partial charge in [-0.3, -0.25) is 4.79 Å². The van der Waals surface area contributed by atoms with E-state index in [-0.39, 0.29) is 5.91 Å². The van der Waals surface area contributed by atoms with E-state index in [2.05, 4.69) is 13.0 Å². The molecule has 1 amide bonds. The fourth-order valence-electron chi connectivity index (χ4n) is 2.38. The number of carbonyl (C=O) groups is 1. The Bertz CT molecular complexity index is 597. The van der Waals surface area contributed by atoms with Gasteiger partial charge >= 0.3 is 0 Å². The summed E-state index contributed by atoms with van der Waals surface area (Å²) in [5, 5.41) is 0.582. The number of benzene rings is 2. The van der Waals surface area contributed by atoms with Gasteiger partial charge < -0.3 is 4.90 Å². The average molecular weight is 315 g/mol. The third-order valence-corrected chi connectivity index (χ3v) is 3.80. The minimum atomic E-state index is -0.00908. The molecule has 0 saturated carbocycles. The van der Waals surface area contributed by atoms with E-state index in [9.17, 15) is 4.79 Å². The van der Waals surface area contributed by atoms with Gasteiger partial charge in [0.1, 0.15) is 0 Å². The maximum absolute atomic E-state index is 12.8. The molecule has 22 heavy (non-hydrogen) atoms. The average Bonchev–Trinajstić information content (AvgIpc) is 2.55. The van der Waals surface area contributed by atoms with Crippen LogP contribution in [0.15, 0.2) is 48.5 Å². The van der Waals surface area contributed by atoms with Gasteiger partial charge in [0.15, 0.2) is 0 Å². The lowest BCUT2D eigenvalue weighted by Gasteiger charge is -2.23. The molecule has 0 N–H and O–H groups in total. The fourth-order valence-corrected chi connectivity index (χ4v) is 2.57. The summed E-state index contributed by atoms with van der Waals surface area (Å²) in [6.07, 6.45) is 4.51. The molecule has 0 atom stereocenters. The summed E-state index contributed by atoms with van der Waals surface area (Å²) in [5.41, 5.74) is 1.52. The second-order valence-corrected chi connectivity index (χ2v) is 5.72. The zero-order chi connectivity index (χ0) is 15.8. The van der Waals surface area contributed by atoms with E-state index in [4.69, 9.17) is 11.6 Å². The van der Waals surface area contributed by atoms with Crippen LogP contribution in [0.1, 0.15) is 43.0 Å². The normalized spacial score (nSPS) is 10.5. The van der Waals surface area contributed by atoms with Gasteiger partial charge in [0, 0.05) is 22.8 Å². The molecule has 115 valence electrons. The molecule has 0 bridgehead atoms. The van der Waals surface area contributed by atoms with Crippen LogP contribution in [0.4, 0.5) is 5.69 Å². The Labute approximate surface area is 137 Å². The van der Waals surface area contributed by atoms with Crippen molar-refractivity contribution in [2.45, 2.75) is 32.6 Å². The number of carbonyl (C=O) groups excluding carboxylic acids is 1. The summed E-state index contributed by atoms with van der Waals surface area (Å²) in [5.74, 6) is -0.00908. The molecular formula is C19H21ClNO. The maximum Gasteiger partial charge on any atom is 0.258 e. The van der Waals surface area contributed by atoms with Crippen molar-refractivity contribution in [3.05, 3.63) is 65.2 Å². The lowest BCUT2D eigenvalue weighted by molar-refractivity contribution is 0.0986. The van der Waals surface area contributed by atoms with Crippen LogP contribution in [-0.2, 0) is 0 Å². The molecule has 2 aromatic rings. The van der Waals surface area contributed by atoms with Crippen LogP contribution in [0.25, 0.3) is 0 Å². The highest BCUT2D eigenvalue weighted by atomic mass is 35.5. The molecule has 0 aromatic heterocycles. The fraction of sp³-hybridized carbons (Fsp3) is 0.316. The summed E-state index contributed by atoms with van der Waals surface area (Å²) < 4.78 is 0. The van der Waals surface area contributed by atoms with Gasteiger partial charge in [0.05, 0.1) is 0 Å². The van der Waals surface area contributed by atoms with Crippen LogP contribution in [-0.4, -0.2) is 12.5 Å². The number of hydrogen-bond donors (Lipinski definition) is 0. The van der Waals surface area contributed by atoms with Gasteiger partial charge in [-0.1, -0.05) is 56.0 Å². The molecule has 0 fully saturated rings. The highest BCUT2D eigenvalue weighted by Crippen LogP contribution is 2.19. The predicted octanol–water partition coefficient (Wildman–Crippen LogP) is 5.37. The van der Waals surface area contributed by atoms with Crippen molar-refractivity contribution in [1.29, 1.82) is 0 Å². The monoisotopic (exact) mass is 314 g/mol. The van der Waals surface area contributed by atoms with Gasteiger partial charge in [-0.05, 0) is 42.8 Å². The molecule has 1 radical (unpaired) electrons. The SMILES string of the molecule is CCCCCCN(C(=O)c1cccc(Cl)c1)c1cc[c]cc1. The number of hydrogen-bond acceptors (Lipinski definition) is 1. The lowest BCUT2D eigenvalue weighted by atomic mass is 10.1. The number of nitrogens with zero attached hydrogens (tertiary/aromatic N) is 1. The number of halogens is 1. The first kappa shape index (κ1) is 16.6. The van der Waals surface area contributed by atoms with Gasteiger partial charge in [0.25, 0.3) is 5.91 Å². The Morgan fingerprint density at radius 3 is 2.59 bits per heavy atom. The minimum Gasteiger partial charge on any atom is -0.308 e. The molecule has 0 spiro atoms. The van der Waals surface area contributed by atoms with Gasteiger partial charge in [0.2, 0.25) is 0 Å². The number of amides is 1. The van der Waals surface area contributed by atoms with Crippen molar-refractivity contribution < 1.29 is 4.79 Å². The molecule has 0 aliphatic rings. The van der Waals surface area contributed by atoms with Crippen LogP contribution in [0.5, 0.6) is 0 Å². The zero-order valence-electron chi connectivity index (χ0n) is 12.9. The Hall–Kier alpha value is -1.80. The van der Waals surface area contributed by atoms with Gasteiger partial charge in [-0.15, -0.1) is 0 Å². The van der Waals surface area contributed by atoms with Crippen LogP contribution in [0, 0.1) is 6.07 Å². The largest absolute Gasteiger partial charge is 0.308 e. The van der Waals surface area contributed by atoms with Crippen molar-refractivity contribution >= 4 is 23.2 Å². The molecular weight excluding hydrogens is 294 g/mol. The maximum atomic E-state index is 12.8. The summed E-state index contributed by atoms with van der Waals surface area (Å²) in [6.45, 7) is 2.90. The summed E-state index contributed by atoms with van der Waals surface area (Å²) in [4.78, 5) is 14.6. The van der Waals surface area contributed by atoms with Crippen molar-refractivity contribution in [2.24, 2.45) is 0 Å². The molecule has 0 heterocycles. The molecule has 2 rings (SSSR count). The van der Waals surface area contributed by atoms with E-state index in [1.807, 2.05) is 41.3 Å². The first-order valence-corrected chi connectivity index (χ1v) is 8.13. The molecule has 0 unspecified atom stereocenters. The Morgan fingerprint density at radius 2 is 1.91 bits per heavy atom. The summed E-state index contributed by atoms with van der Waals surface area (Å²) in [7, 11) is 0. The second kappa shape index (κ2) is 8.60. The van der Waals surface area contributed by atoms with E-state index >= 15 is 0 Å². The Morgan fingerprint density at radius 1 is 1.14 bits per heavy atom. The Kier molecular flexibility index (Phi) is 6.47. The van der Waals surface area contributed by atoms with Gasteiger partial charge in [-0.2, -0.15) is 0 Å². The first-order valence-electron chi connectivity index (χ1n) is 7.76. The van der Waals surface area contributed by atoms with Crippen LogP contribution in [0.3, 0.4) is 0 Å². The molecule has 0 saturated heterocycles. The predicted molar refractivity (Wildman–Crippen MR) is 92.5 cm³/mol. The van der Waals surface area contributed by atoms with Crippen molar-refractivity contribution in [3.8, 4) is 0 Å². The number of anilines is 1. The molecule has 0 aliphatic carbocycles. The molecule has 2 nitrogen and oxygen atoms in total. The summed E-state index contributed by atoms with van der Waals surface area (Å²) in [6, 6.07) is 17.6. The molecule has 0 aliphatic heterocycles. The van der Waals surface area contributed by atoms with Crippen molar-refractivity contribution in [3.63, 3.8) is 0 Å². The third kappa shape index (κ3) is 4.60. The lowest BCUT2D eigenvalue weighted by Crippen LogP contribution is -2.31. The quantitative estimate of drug-likeness (QED) is 0.629. The standard InChI is InChI=1S/C19H21ClNO/c1-2-3-4-8-14-21(18-12-6-5-7-13-18)19(22)16-10-9-11-17(20)15-16/h6-7,9-13,15H,2-4,8,14H2,1H3. The highest BCUT2D eigenvalue weighted by molar-refractivity contribution is 6.31.